The summed E-state index contributed by atoms with van der Waals surface area (Å²) >= 11 is 20.4. The van der Waals surface area contributed by atoms with Crippen molar-refractivity contribution >= 4 is 143 Å². The fraction of sp³-hybridized carbons (Fsp3) is 0.794. The highest BCUT2D eigenvalue weighted by atomic mass is 35.5. The van der Waals surface area contributed by atoms with E-state index in [1.807, 2.05) is 47.2 Å². The number of nitrogens with zero attached hydrogens (tertiary/aromatic N) is 3. The number of rotatable bonds is 47. The van der Waals surface area contributed by atoms with Gasteiger partial charge in [-0.2, -0.15) is 0 Å². The van der Waals surface area contributed by atoms with Crippen molar-refractivity contribution in [1.82, 2.24) is 26.2 Å². The van der Waals surface area contributed by atoms with E-state index in [-0.39, 0.29) is 130 Å². The van der Waals surface area contributed by atoms with Gasteiger partial charge < -0.3 is 98.0 Å². The van der Waals surface area contributed by atoms with E-state index in [1.54, 1.807) is 6.92 Å². The van der Waals surface area contributed by atoms with Crippen molar-refractivity contribution in [3.63, 3.8) is 0 Å². The van der Waals surface area contributed by atoms with Crippen LogP contribution in [-0.2, 0) is 64.9 Å². The number of carbonyl (C=O) groups excluding carboxylic acids is 8. The first-order valence-electron chi connectivity index (χ1n) is 32.7. The molecule has 8 N–H and O–H groups in total. The molecule has 0 aromatic heterocycles. The van der Waals surface area contributed by atoms with Crippen molar-refractivity contribution < 1.29 is 98.7 Å². The second kappa shape index (κ2) is 71.5. The van der Waals surface area contributed by atoms with Gasteiger partial charge in [0.15, 0.2) is 63.0 Å². The van der Waals surface area contributed by atoms with Gasteiger partial charge in [0.25, 0.3) is 11.8 Å². The molecule has 0 aliphatic rings. The van der Waals surface area contributed by atoms with Crippen molar-refractivity contribution in [2.45, 2.75) is 205 Å². The van der Waals surface area contributed by atoms with Crippen molar-refractivity contribution in [3.8, 4) is 0 Å². The largest absolute Gasteiger partial charge is 1.00 e. The zero-order valence-corrected chi connectivity index (χ0v) is 73.3. The molecule has 0 aliphatic carbocycles. The predicted molar refractivity (Wildman–Crippen MR) is 449 cm³/mol. The highest BCUT2D eigenvalue weighted by molar-refractivity contribution is 6.86. The topological polar surface area (TPSA) is 295 Å². The van der Waals surface area contributed by atoms with Gasteiger partial charge in [-0.25, -0.2) is 14.4 Å². The van der Waals surface area contributed by atoms with Crippen LogP contribution < -0.4 is 57.5 Å². The zero-order valence-electron chi connectivity index (χ0n) is 62.8. The smallest absolute Gasteiger partial charge is 0.333 e. The van der Waals surface area contributed by atoms with E-state index in [0.29, 0.717) is 73.5 Å². The van der Waals surface area contributed by atoms with E-state index in [1.165, 1.54) is 12.1 Å². The van der Waals surface area contributed by atoms with Crippen molar-refractivity contribution in [3.05, 3.63) is 37.5 Å². The van der Waals surface area contributed by atoms with Crippen LogP contribution in [0.5, 0.6) is 0 Å². The molecule has 0 saturated carbocycles. The van der Waals surface area contributed by atoms with Crippen molar-refractivity contribution in [2.24, 2.45) is 11.5 Å². The molecule has 0 bridgehead atoms. The Balaban J connectivity index is -0.000000102. The number of likely N-dealkylation sites (N-methyl/N-ethyl adjacent to an activating group) is 3. The van der Waals surface area contributed by atoms with Gasteiger partial charge in [-0.15, -0.1) is 34.8 Å². The number of amides is 4. The summed E-state index contributed by atoms with van der Waals surface area (Å²) in [4.78, 5) is 91.6. The van der Waals surface area contributed by atoms with Crippen LogP contribution in [0.4, 0.5) is 0 Å². The number of esters is 3. The van der Waals surface area contributed by atoms with Gasteiger partial charge in [0.2, 0.25) is 17.1 Å². The lowest BCUT2D eigenvalue weighted by molar-refractivity contribution is -0.882. The average Bonchev–Trinajstić information content (AvgIpc) is 0.885. The lowest BCUT2D eigenvalue weighted by Crippen LogP contribution is -3.00. The molecule has 0 aliphatic heterocycles. The summed E-state index contributed by atoms with van der Waals surface area (Å²) in [5.41, 5.74) is 11.4. The maximum atomic E-state index is 12.5. The molecule has 622 valence electrons. The Hall–Kier alpha value is -2.10. The SMILES string of the molecule is C.C.C.C.C.C.C=CC(=O)OCCN(C)C.C=CC(=O)OCC[N+](C)(C)CC(=O)NCCC[Si](C)(C)O[Si](C)(C)CCCNC(=O)C[N+](C)(C)CCOC(=O)C(=C)C.C[Si](C)(CCCN)O[Si](C)(C)CCCN.C[Si](C)(CCCNC(=O)CCl)O[Si](C)(C)CCCNC(=O)CCl.O=C(Cl)CCl.[Cl-].[Cl-]. The molecule has 0 aromatic rings. The highest BCUT2D eigenvalue weighted by Crippen LogP contribution is 2.26. The number of alkyl halides is 3. The third kappa shape index (κ3) is 92.2. The van der Waals surface area contributed by atoms with E-state index in [2.05, 4.69) is 120 Å². The maximum Gasteiger partial charge on any atom is 0.333 e. The summed E-state index contributed by atoms with van der Waals surface area (Å²) in [6.45, 7) is 46.2. The standard InChI is InChI=1S/C29H56N4O7Si2.C14H30Cl2N2O3Si2.C10H28N2OSi2.C7H13NO2.C2H2Cl2O.6CH4.2ClH/c1-12-28(36)38-19-17-32(4,5)23-26(34)30-15-13-21-41(8,9)40-42(10,11)22-14-16-31-27(35)24-33(6,7)18-20-39-29(37)25(2)3;1-22(2,9-5-7-17-13(19)11-15)21-23(3,4)10-6-8-18-14(20)12-16;1-14(2,9-5-7-11)13-15(3,4)10-6-8-12;1-4-7(9)10-6-5-8(2)3;3-1-2(4)5;;;;;;;;/h12H,1-2,13-24H2,3-11H3;5-12H2,1-4H3,(H,17,19)(H,18,20);5-12H2,1-4H3;4H,1,5-6H2,2-3H3;1H2;6*1H4;2*1H. The van der Waals surface area contributed by atoms with Crippen LogP contribution in [0.2, 0.25) is 115 Å². The van der Waals surface area contributed by atoms with E-state index < -0.39 is 67.1 Å². The van der Waals surface area contributed by atoms with E-state index in [9.17, 15) is 38.4 Å². The van der Waals surface area contributed by atoms with Gasteiger partial charge in [0.05, 0.1) is 34.1 Å². The fourth-order valence-corrected chi connectivity index (χ4v) is 35.9. The summed E-state index contributed by atoms with van der Waals surface area (Å²) in [7, 11) is 1.31. The second-order valence-electron chi connectivity index (χ2n) is 28.3. The van der Waals surface area contributed by atoms with Crippen LogP contribution in [0, 0.1) is 0 Å². The monoisotopic (exact) mass is 1700 g/mol. The summed E-state index contributed by atoms with van der Waals surface area (Å²) < 4.78 is 35.3. The van der Waals surface area contributed by atoms with Crippen molar-refractivity contribution in [2.75, 3.05) is 152 Å². The number of hydrogen-bond donors (Lipinski definition) is 6. The Bertz CT molecular complexity index is 2200. The number of quaternary nitrogens is 2. The number of nitrogens with two attached hydrogens (primary N) is 2. The minimum absolute atomic E-state index is 0. The van der Waals surface area contributed by atoms with Crippen LogP contribution >= 0.6 is 46.4 Å². The minimum atomic E-state index is -1.91. The first kappa shape index (κ1) is 130. The van der Waals surface area contributed by atoms with E-state index >= 15 is 0 Å². The number of halogens is 6. The van der Waals surface area contributed by atoms with Crippen LogP contribution in [-0.4, -0.2) is 262 Å². The van der Waals surface area contributed by atoms with E-state index in [0.717, 1.165) is 94.5 Å². The molecule has 0 aromatic carbocycles. The maximum absolute atomic E-state index is 12.5. The Labute approximate surface area is 668 Å². The van der Waals surface area contributed by atoms with Crippen LogP contribution in [0.3, 0.4) is 0 Å². The fourth-order valence-electron chi connectivity index (χ4n) is 9.06. The Morgan fingerprint density at radius 3 is 0.913 bits per heavy atom. The zero-order chi connectivity index (χ0) is 74.8. The Kier molecular flexibility index (Phi) is 90.5. The first-order valence-corrected chi connectivity index (χ1v) is 53.4. The van der Waals surface area contributed by atoms with Gasteiger partial charge in [-0.05, 0) is 199 Å². The van der Waals surface area contributed by atoms with Crippen LogP contribution in [0.15, 0.2) is 37.5 Å². The molecule has 0 heterocycles. The quantitative estimate of drug-likeness (QED) is 0.00551. The summed E-state index contributed by atoms with van der Waals surface area (Å²) in [6, 6.07) is 6.28. The third-order valence-corrected chi connectivity index (χ3v) is 37.2. The predicted octanol–water partition coefficient (Wildman–Crippen LogP) is 6.53. The molecule has 0 fully saturated rings. The Morgan fingerprint density at radius 1 is 0.447 bits per heavy atom. The third-order valence-electron chi connectivity index (χ3n) is 13.6. The number of ether oxygens (including phenoxy) is 3. The Morgan fingerprint density at radius 2 is 0.689 bits per heavy atom. The lowest BCUT2D eigenvalue weighted by Gasteiger charge is -2.34. The van der Waals surface area contributed by atoms with Gasteiger partial charge >= 0.3 is 17.9 Å². The number of hydrogen-bond acceptors (Lipinski definition) is 17. The molecule has 23 nitrogen and oxygen atoms in total. The van der Waals surface area contributed by atoms with Gasteiger partial charge in [0, 0.05) is 50.4 Å². The molecule has 0 unspecified atom stereocenters. The first-order chi connectivity index (χ1) is 43.6. The van der Waals surface area contributed by atoms with Crippen molar-refractivity contribution in [1.29, 1.82) is 0 Å². The second-order valence-corrected chi connectivity index (χ2v) is 56.1. The summed E-state index contributed by atoms with van der Waals surface area (Å²) in [5.74, 6) is -1.61. The van der Waals surface area contributed by atoms with Gasteiger partial charge in [-0.3, -0.25) is 24.0 Å². The highest BCUT2D eigenvalue weighted by Gasteiger charge is 2.35. The molecule has 103 heavy (non-hydrogen) atoms. The summed E-state index contributed by atoms with van der Waals surface area (Å²) in [5, 5.41) is 11.1. The molecule has 0 radical (unpaired) electrons. The van der Waals surface area contributed by atoms with Crippen LogP contribution in [0.1, 0.15) is 90.0 Å². The normalized spacial score (nSPS) is 10.9. The summed E-state index contributed by atoms with van der Waals surface area (Å²) in [6.07, 6.45) is 8.03. The molecule has 0 saturated heterocycles. The molecule has 0 spiro atoms. The average molecular weight is 1700 g/mol. The lowest BCUT2D eigenvalue weighted by atomic mass is 10.3. The minimum Gasteiger partial charge on any atom is -1.00 e. The van der Waals surface area contributed by atoms with Crippen LogP contribution in [0.25, 0.3) is 0 Å². The molecular formula is C68H155Cl6N9O14Si6. The molecule has 0 rings (SSSR count). The molecule has 35 heteroatoms. The van der Waals surface area contributed by atoms with E-state index in [4.69, 9.17) is 84.4 Å². The molecular weight excluding hydrogens is 1550 g/mol. The molecule has 4 amide bonds. The molecule has 0 atom stereocenters. The number of nitrogens with one attached hydrogen (secondary N) is 4. The number of carbonyl (C=O) groups is 8. The van der Waals surface area contributed by atoms with Gasteiger partial charge in [0.1, 0.15) is 44.7 Å². The van der Waals surface area contributed by atoms with Gasteiger partial charge in [-0.1, -0.05) is 64.3 Å².